The predicted octanol–water partition coefficient (Wildman–Crippen LogP) is 4.58. The third kappa shape index (κ3) is 4.54. The number of nitrogens with two attached hydrogens (primary N) is 1. The smallest absolute Gasteiger partial charge is 0.255 e. The molecule has 7 heteroatoms. The number of rotatable bonds is 7. The molecule has 4 fully saturated rings. The van der Waals surface area contributed by atoms with Crippen molar-refractivity contribution in [2.45, 2.75) is 64.5 Å². The SMILES string of the molecule is COc1cc(CNC23CC4CC(C)(CC(C)(C4)C2)C3)cc(Br)c1OCC(N)=O.Cl. The molecule has 0 saturated heterocycles. The summed E-state index contributed by atoms with van der Waals surface area (Å²) in [5.74, 6) is 1.48. The quantitative estimate of drug-likeness (QED) is 0.590. The van der Waals surface area contributed by atoms with Gasteiger partial charge in [0.1, 0.15) is 0 Å². The highest BCUT2D eigenvalue weighted by Crippen LogP contribution is 2.66. The van der Waals surface area contributed by atoms with Crippen LogP contribution >= 0.6 is 28.3 Å². The second-order valence-corrected chi connectivity index (χ2v) is 11.0. The van der Waals surface area contributed by atoms with E-state index in [1.54, 1.807) is 7.11 Å². The summed E-state index contributed by atoms with van der Waals surface area (Å²) in [6.07, 6.45) is 8.05. The standard InChI is InChI=1S/C22H31BrN2O3.ClH/c1-20-6-15-7-21(2,11-20)13-22(8-15,12-20)25-9-14-4-16(23)19(17(5-14)27-3)28-10-18(24)26;/h4-5,15,25H,6-13H2,1-3H3,(H2,24,26);1H. The first kappa shape index (κ1) is 22.7. The molecule has 3 N–H and O–H groups in total. The van der Waals surface area contributed by atoms with Crippen LogP contribution in [0.3, 0.4) is 0 Å². The fourth-order valence-electron chi connectivity index (χ4n) is 7.09. The van der Waals surface area contributed by atoms with E-state index < -0.39 is 5.91 Å². The molecule has 0 heterocycles. The van der Waals surface area contributed by atoms with Gasteiger partial charge in [-0.2, -0.15) is 0 Å². The first-order valence-electron chi connectivity index (χ1n) is 10.2. The van der Waals surface area contributed by atoms with Crippen LogP contribution in [0.25, 0.3) is 0 Å². The summed E-state index contributed by atoms with van der Waals surface area (Å²) in [5.41, 5.74) is 7.57. The average molecular weight is 488 g/mol. The van der Waals surface area contributed by atoms with E-state index in [-0.39, 0.29) is 24.6 Å². The van der Waals surface area contributed by atoms with Gasteiger partial charge < -0.3 is 20.5 Å². The van der Waals surface area contributed by atoms with Crippen molar-refractivity contribution in [3.8, 4) is 11.5 Å². The van der Waals surface area contributed by atoms with E-state index in [9.17, 15) is 4.79 Å². The Bertz CT molecular complexity index is 785. The second-order valence-electron chi connectivity index (χ2n) is 10.1. The van der Waals surface area contributed by atoms with E-state index in [1.165, 1.54) is 38.5 Å². The maximum atomic E-state index is 11.0. The number of hydrogen-bond acceptors (Lipinski definition) is 4. The summed E-state index contributed by atoms with van der Waals surface area (Å²) in [6.45, 7) is 5.62. The van der Waals surface area contributed by atoms with Crippen molar-refractivity contribution >= 4 is 34.2 Å². The Labute approximate surface area is 188 Å². The highest BCUT2D eigenvalue weighted by atomic mass is 79.9. The van der Waals surface area contributed by atoms with Gasteiger partial charge >= 0.3 is 0 Å². The van der Waals surface area contributed by atoms with Crippen molar-refractivity contribution in [2.75, 3.05) is 13.7 Å². The van der Waals surface area contributed by atoms with Gasteiger partial charge in [-0.15, -0.1) is 12.4 Å². The molecule has 29 heavy (non-hydrogen) atoms. The Morgan fingerprint density at radius 2 is 1.86 bits per heavy atom. The Hall–Kier alpha value is -0.980. The van der Waals surface area contributed by atoms with Crippen molar-refractivity contribution in [1.82, 2.24) is 5.32 Å². The first-order chi connectivity index (χ1) is 13.1. The van der Waals surface area contributed by atoms with Crippen LogP contribution < -0.4 is 20.5 Å². The summed E-state index contributed by atoms with van der Waals surface area (Å²) in [6, 6.07) is 4.02. The van der Waals surface area contributed by atoms with E-state index in [4.69, 9.17) is 15.2 Å². The van der Waals surface area contributed by atoms with Gasteiger partial charge in [0.25, 0.3) is 5.91 Å². The molecule has 0 aromatic heterocycles. The molecule has 1 aromatic carbocycles. The number of halogens is 2. The topological polar surface area (TPSA) is 73.6 Å². The van der Waals surface area contributed by atoms with Crippen molar-refractivity contribution in [1.29, 1.82) is 0 Å². The average Bonchev–Trinajstić information content (AvgIpc) is 2.55. The number of benzene rings is 1. The number of carbonyl (C=O) groups excluding carboxylic acids is 1. The summed E-state index contributed by atoms with van der Waals surface area (Å²) >= 11 is 3.55. The minimum atomic E-state index is -0.511. The summed E-state index contributed by atoms with van der Waals surface area (Å²) in [4.78, 5) is 11.0. The summed E-state index contributed by atoms with van der Waals surface area (Å²) in [5, 5.41) is 3.95. The van der Waals surface area contributed by atoms with Crippen molar-refractivity contribution < 1.29 is 14.3 Å². The lowest BCUT2D eigenvalue weighted by Gasteiger charge is -2.65. The third-order valence-electron chi connectivity index (χ3n) is 6.94. The number of methoxy groups -OCH3 is 1. The molecule has 5 nitrogen and oxygen atoms in total. The zero-order chi connectivity index (χ0) is 20.2. The van der Waals surface area contributed by atoms with Crippen LogP contribution in [0.5, 0.6) is 11.5 Å². The van der Waals surface area contributed by atoms with Gasteiger partial charge in [-0.3, -0.25) is 4.79 Å². The number of amides is 1. The molecule has 0 aliphatic heterocycles. The Balaban J connectivity index is 0.00000240. The van der Waals surface area contributed by atoms with Crippen LogP contribution in [0, 0.1) is 16.7 Å². The maximum Gasteiger partial charge on any atom is 0.255 e. The molecule has 0 spiro atoms. The lowest BCUT2D eigenvalue weighted by atomic mass is 9.43. The number of ether oxygens (including phenoxy) is 2. The molecule has 4 aliphatic carbocycles. The monoisotopic (exact) mass is 486 g/mol. The van der Waals surface area contributed by atoms with Gasteiger partial charge in [0.2, 0.25) is 0 Å². The molecule has 4 saturated carbocycles. The Morgan fingerprint density at radius 1 is 1.21 bits per heavy atom. The summed E-state index contributed by atoms with van der Waals surface area (Å²) < 4.78 is 11.8. The number of carbonyl (C=O) groups is 1. The number of hydrogen-bond donors (Lipinski definition) is 2. The third-order valence-corrected chi connectivity index (χ3v) is 7.53. The molecule has 2 unspecified atom stereocenters. The Morgan fingerprint density at radius 3 is 2.41 bits per heavy atom. The lowest BCUT2D eigenvalue weighted by Crippen LogP contribution is -2.63. The molecule has 1 amide bonds. The highest BCUT2D eigenvalue weighted by Gasteiger charge is 2.59. The van der Waals surface area contributed by atoms with Crippen LogP contribution in [0.4, 0.5) is 0 Å². The van der Waals surface area contributed by atoms with Gasteiger partial charge in [-0.1, -0.05) is 13.8 Å². The van der Waals surface area contributed by atoms with Gasteiger partial charge in [0.05, 0.1) is 11.6 Å². The van der Waals surface area contributed by atoms with Gasteiger partial charge in [0.15, 0.2) is 18.1 Å². The number of primary amides is 1. The van der Waals surface area contributed by atoms with Gasteiger partial charge in [0, 0.05) is 12.1 Å². The first-order valence-corrected chi connectivity index (χ1v) is 11.0. The zero-order valence-electron chi connectivity index (χ0n) is 17.5. The van der Waals surface area contributed by atoms with Crippen LogP contribution in [0.2, 0.25) is 0 Å². The Kier molecular flexibility index (Phi) is 6.21. The van der Waals surface area contributed by atoms with Crippen LogP contribution in [-0.4, -0.2) is 25.2 Å². The molecular formula is C22H32BrClN2O3. The minimum Gasteiger partial charge on any atom is -0.493 e. The molecular weight excluding hydrogens is 456 g/mol. The second kappa shape index (κ2) is 7.93. The van der Waals surface area contributed by atoms with E-state index in [1.807, 2.05) is 12.1 Å². The van der Waals surface area contributed by atoms with Crippen LogP contribution in [-0.2, 0) is 11.3 Å². The maximum absolute atomic E-state index is 11.0. The zero-order valence-corrected chi connectivity index (χ0v) is 19.9. The van der Waals surface area contributed by atoms with Crippen molar-refractivity contribution in [2.24, 2.45) is 22.5 Å². The lowest BCUT2D eigenvalue weighted by molar-refractivity contribution is -0.120. The van der Waals surface area contributed by atoms with E-state index >= 15 is 0 Å². The normalized spacial score (nSPS) is 34.6. The predicted molar refractivity (Wildman–Crippen MR) is 120 cm³/mol. The van der Waals surface area contributed by atoms with Crippen LogP contribution in [0.15, 0.2) is 16.6 Å². The van der Waals surface area contributed by atoms with Crippen molar-refractivity contribution in [3.63, 3.8) is 0 Å². The number of nitrogens with one attached hydrogen (secondary N) is 1. The molecule has 2 atom stereocenters. The largest absolute Gasteiger partial charge is 0.493 e. The van der Waals surface area contributed by atoms with E-state index in [0.717, 1.165) is 22.5 Å². The molecule has 4 bridgehead atoms. The molecule has 0 radical (unpaired) electrons. The fourth-order valence-corrected chi connectivity index (χ4v) is 7.70. The van der Waals surface area contributed by atoms with Gasteiger partial charge in [-0.25, -0.2) is 0 Å². The van der Waals surface area contributed by atoms with Crippen LogP contribution in [0.1, 0.15) is 57.9 Å². The van der Waals surface area contributed by atoms with Crippen molar-refractivity contribution in [3.05, 3.63) is 22.2 Å². The molecule has 1 aromatic rings. The minimum absolute atomic E-state index is 0. The van der Waals surface area contributed by atoms with E-state index in [0.29, 0.717) is 22.3 Å². The highest BCUT2D eigenvalue weighted by molar-refractivity contribution is 9.10. The molecule has 162 valence electrons. The molecule has 5 rings (SSSR count). The molecule has 4 aliphatic rings. The summed E-state index contributed by atoms with van der Waals surface area (Å²) in [7, 11) is 1.61. The van der Waals surface area contributed by atoms with E-state index in [2.05, 4.69) is 35.1 Å². The van der Waals surface area contributed by atoms with Gasteiger partial charge in [-0.05, 0) is 88.9 Å². The fraction of sp³-hybridized carbons (Fsp3) is 0.682.